The summed E-state index contributed by atoms with van der Waals surface area (Å²) >= 11 is 1.84. The van der Waals surface area contributed by atoms with Crippen LogP contribution in [0.4, 0.5) is 0 Å². The Kier molecular flexibility index (Phi) is 7.80. The van der Waals surface area contributed by atoms with Crippen LogP contribution < -0.4 is 10.2 Å². The summed E-state index contributed by atoms with van der Waals surface area (Å²) < 4.78 is 4.97. The van der Waals surface area contributed by atoms with Crippen molar-refractivity contribution in [3.8, 4) is 5.75 Å². The maximum Gasteiger partial charge on any atom is 0.308 e. The third kappa shape index (κ3) is 6.90. The topological polar surface area (TPSA) is 67.8 Å². The van der Waals surface area contributed by atoms with E-state index in [4.69, 9.17) is 4.74 Å². The number of nitrogens with one attached hydrogen (secondary N) is 1. The molecule has 0 saturated heterocycles. The predicted molar refractivity (Wildman–Crippen MR) is 121 cm³/mol. The molecule has 3 aromatic carbocycles. The minimum Gasteiger partial charge on any atom is -0.427 e. The van der Waals surface area contributed by atoms with E-state index in [0.717, 1.165) is 17.1 Å². The Morgan fingerprint density at radius 1 is 0.900 bits per heavy atom. The van der Waals surface area contributed by atoms with Gasteiger partial charge in [-0.1, -0.05) is 42.5 Å². The van der Waals surface area contributed by atoms with Crippen LogP contribution in [0.3, 0.4) is 0 Å². The summed E-state index contributed by atoms with van der Waals surface area (Å²) in [5, 5.41) is 3.98. The standard InChI is InChI=1S/C24H22N2O3S/c1-18(27)29-23-13-9-19(10-14-23)15-25-26-24(28)22-11-7-21(8-12-22)17-30-16-20-5-3-2-4-6-20/h2-15H,16-17H2,1H3,(H,26,28)/b25-15-. The van der Waals surface area contributed by atoms with E-state index in [9.17, 15) is 9.59 Å². The zero-order chi connectivity index (χ0) is 21.2. The van der Waals surface area contributed by atoms with E-state index in [1.54, 1.807) is 36.4 Å². The molecule has 1 N–H and O–H groups in total. The first-order valence-corrected chi connectivity index (χ1v) is 10.6. The molecule has 3 aromatic rings. The molecule has 1 amide bonds. The van der Waals surface area contributed by atoms with Crippen molar-refractivity contribution >= 4 is 29.9 Å². The van der Waals surface area contributed by atoms with Crippen LogP contribution in [-0.2, 0) is 16.3 Å². The number of benzene rings is 3. The minimum absolute atomic E-state index is 0.272. The van der Waals surface area contributed by atoms with Crippen molar-refractivity contribution in [3.05, 3.63) is 101 Å². The van der Waals surface area contributed by atoms with Gasteiger partial charge in [0.1, 0.15) is 5.75 Å². The van der Waals surface area contributed by atoms with Crippen LogP contribution >= 0.6 is 11.8 Å². The highest BCUT2D eigenvalue weighted by molar-refractivity contribution is 7.97. The average molecular weight is 419 g/mol. The summed E-state index contributed by atoms with van der Waals surface area (Å²) in [5.41, 5.74) is 6.32. The molecule has 152 valence electrons. The van der Waals surface area contributed by atoms with E-state index in [-0.39, 0.29) is 11.9 Å². The predicted octanol–water partition coefficient (Wildman–Crippen LogP) is 4.81. The van der Waals surface area contributed by atoms with Crippen LogP contribution in [0.15, 0.2) is 84.0 Å². The Hall–Kier alpha value is -3.38. The van der Waals surface area contributed by atoms with Gasteiger partial charge in [0, 0.05) is 24.0 Å². The average Bonchev–Trinajstić information content (AvgIpc) is 2.76. The summed E-state index contributed by atoms with van der Waals surface area (Å²) in [4.78, 5) is 23.1. The van der Waals surface area contributed by atoms with Crippen molar-refractivity contribution in [2.24, 2.45) is 5.10 Å². The van der Waals surface area contributed by atoms with Crippen molar-refractivity contribution in [1.29, 1.82) is 0 Å². The highest BCUT2D eigenvalue weighted by Gasteiger charge is 2.04. The largest absolute Gasteiger partial charge is 0.427 e. The zero-order valence-corrected chi connectivity index (χ0v) is 17.4. The first-order valence-electron chi connectivity index (χ1n) is 9.42. The molecular weight excluding hydrogens is 396 g/mol. The number of amides is 1. The van der Waals surface area contributed by atoms with E-state index in [1.165, 1.54) is 24.3 Å². The van der Waals surface area contributed by atoms with Gasteiger partial charge in [-0.15, -0.1) is 0 Å². The Balaban J connectivity index is 1.46. The molecule has 30 heavy (non-hydrogen) atoms. The molecule has 5 nitrogen and oxygen atoms in total. The fourth-order valence-electron chi connectivity index (χ4n) is 2.63. The maximum absolute atomic E-state index is 12.2. The van der Waals surface area contributed by atoms with E-state index in [1.807, 2.05) is 42.1 Å². The molecule has 0 aliphatic rings. The molecule has 0 fully saturated rings. The number of hydrazone groups is 1. The number of thioether (sulfide) groups is 1. The van der Waals surface area contributed by atoms with Gasteiger partial charge in [0.15, 0.2) is 0 Å². The third-order valence-electron chi connectivity index (χ3n) is 4.12. The molecule has 3 rings (SSSR count). The summed E-state index contributed by atoms with van der Waals surface area (Å²) in [6.45, 7) is 1.35. The van der Waals surface area contributed by atoms with E-state index in [2.05, 4.69) is 22.7 Å². The van der Waals surface area contributed by atoms with Gasteiger partial charge >= 0.3 is 5.97 Å². The molecule has 0 aliphatic heterocycles. The summed E-state index contributed by atoms with van der Waals surface area (Å²) in [6.07, 6.45) is 1.53. The Morgan fingerprint density at radius 3 is 2.17 bits per heavy atom. The van der Waals surface area contributed by atoms with Gasteiger partial charge in [0.25, 0.3) is 5.91 Å². The number of hydrogen-bond acceptors (Lipinski definition) is 5. The Labute approximate surface area is 180 Å². The van der Waals surface area contributed by atoms with Crippen LogP contribution in [-0.4, -0.2) is 18.1 Å². The van der Waals surface area contributed by atoms with E-state index >= 15 is 0 Å². The van der Waals surface area contributed by atoms with Gasteiger partial charge in [0.05, 0.1) is 6.21 Å². The molecular formula is C24H22N2O3S. The second-order valence-electron chi connectivity index (χ2n) is 6.54. The fourth-order valence-corrected chi connectivity index (χ4v) is 3.59. The summed E-state index contributed by atoms with van der Waals surface area (Å²) in [6, 6.07) is 24.7. The van der Waals surface area contributed by atoms with Crippen molar-refractivity contribution < 1.29 is 14.3 Å². The number of carbonyl (C=O) groups excluding carboxylic acids is 2. The van der Waals surface area contributed by atoms with Gasteiger partial charge in [-0.2, -0.15) is 16.9 Å². The van der Waals surface area contributed by atoms with Crippen LogP contribution in [0.1, 0.15) is 34.0 Å². The van der Waals surface area contributed by atoms with Crippen LogP contribution in [0.25, 0.3) is 0 Å². The molecule has 0 saturated carbocycles. The minimum atomic E-state index is -0.371. The number of nitrogens with zero attached hydrogens (tertiary/aromatic N) is 1. The zero-order valence-electron chi connectivity index (χ0n) is 16.6. The number of rotatable bonds is 8. The van der Waals surface area contributed by atoms with Gasteiger partial charge in [-0.25, -0.2) is 5.43 Å². The van der Waals surface area contributed by atoms with Crippen LogP contribution in [0, 0.1) is 0 Å². The highest BCUT2D eigenvalue weighted by Crippen LogP contribution is 2.18. The van der Waals surface area contributed by atoms with Gasteiger partial charge in [-0.05, 0) is 53.1 Å². The normalized spacial score (nSPS) is 10.7. The molecule has 0 heterocycles. The molecule has 0 spiro atoms. The van der Waals surface area contributed by atoms with Gasteiger partial charge < -0.3 is 4.74 Å². The van der Waals surface area contributed by atoms with Crippen molar-refractivity contribution in [3.63, 3.8) is 0 Å². The number of carbonyl (C=O) groups is 2. The van der Waals surface area contributed by atoms with Crippen LogP contribution in [0.2, 0.25) is 0 Å². The van der Waals surface area contributed by atoms with E-state index in [0.29, 0.717) is 11.3 Å². The molecule has 0 aromatic heterocycles. The highest BCUT2D eigenvalue weighted by atomic mass is 32.2. The number of ether oxygens (including phenoxy) is 1. The molecule has 6 heteroatoms. The molecule has 0 atom stereocenters. The van der Waals surface area contributed by atoms with Crippen molar-refractivity contribution in [2.45, 2.75) is 18.4 Å². The Morgan fingerprint density at radius 2 is 1.53 bits per heavy atom. The first-order chi connectivity index (χ1) is 14.6. The second-order valence-corrected chi connectivity index (χ2v) is 7.52. The summed E-state index contributed by atoms with van der Waals surface area (Å²) in [5.74, 6) is 1.67. The monoisotopic (exact) mass is 418 g/mol. The van der Waals surface area contributed by atoms with Gasteiger partial charge in [-0.3, -0.25) is 9.59 Å². The smallest absolute Gasteiger partial charge is 0.308 e. The van der Waals surface area contributed by atoms with Crippen molar-refractivity contribution in [2.75, 3.05) is 0 Å². The summed E-state index contributed by atoms with van der Waals surface area (Å²) in [7, 11) is 0. The quantitative estimate of drug-likeness (QED) is 0.247. The van der Waals surface area contributed by atoms with Crippen molar-refractivity contribution in [1.82, 2.24) is 5.43 Å². The Bertz CT molecular complexity index is 1000. The third-order valence-corrected chi connectivity index (χ3v) is 5.19. The molecule has 0 unspecified atom stereocenters. The maximum atomic E-state index is 12.2. The first kappa shape index (κ1) is 21.3. The molecule has 0 bridgehead atoms. The number of esters is 1. The lowest BCUT2D eigenvalue weighted by Crippen LogP contribution is -2.17. The van der Waals surface area contributed by atoms with Crippen LogP contribution in [0.5, 0.6) is 5.75 Å². The molecule has 0 radical (unpaired) electrons. The lowest BCUT2D eigenvalue weighted by Gasteiger charge is -2.04. The fraction of sp³-hybridized carbons (Fsp3) is 0.125. The second kappa shape index (κ2) is 11.0. The lowest BCUT2D eigenvalue weighted by atomic mass is 10.1. The van der Waals surface area contributed by atoms with Gasteiger partial charge in [0.2, 0.25) is 0 Å². The molecule has 0 aliphatic carbocycles. The lowest BCUT2D eigenvalue weighted by molar-refractivity contribution is -0.131. The number of hydrogen-bond donors (Lipinski definition) is 1. The SMILES string of the molecule is CC(=O)Oc1ccc(/C=N\NC(=O)c2ccc(CSCc3ccccc3)cc2)cc1. The van der Waals surface area contributed by atoms with E-state index < -0.39 is 0 Å².